The Morgan fingerprint density at radius 3 is 2.44 bits per heavy atom. The number of nitrogen functional groups attached to an aromatic ring is 1. The summed E-state index contributed by atoms with van der Waals surface area (Å²) in [5.41, 5.74) is 10.4. The molecule has 2 saturated heterocycles. The van der Waals surface area contributed by atoms with Crippen LogP contribution < -0.4 is 5.73 Å². The van der Waals surface area contributed by atoms with Crippen molar-refractivity contribution < 1.29 is 9.59 Å². The summed E-state index contributed by atoms with van der Waals surface area (Å²) in [5, 5.41) is 0.395. The molecule has 1 unspecified atom stereocenters. The number of carbonyl (C=O) groups is 2. The van der Waals surface area contributed by atoms with Crippen LogP contribution in [0.25, 0.3) is 28.2 Å². The third kappa shape index (κ3) is 6.08. The van der Waals surface area contributed by atoms with Crippen LogP contribution in [-0.2, 0) is 4.79 Å². The number of likely N-dealkylation sites (tertiary alicyclic amines) is 1. The minimum atomic E-state index is 0.166. The lowest BCUT2D eigenvalue weighted by molar-refractivity contribution is -0.104. The lowest BCUT2D eigenvalue weighted by Gasteiger charge is -2.35. The Morgan fingerprint density at radius 2 is 1.76 bits per heavy atom. The molecule has 1 atom stereocenters. The van der Waals surface area contributed by atoms with Crippen LogP contribution in [0.4, 0.5) is 10.6 Å². The number of anilines is 1. The van der Waals surface area contributed by atoms with E-state index < -0.39 is 0 Å². The summed E-state index contributed by atoms with van der Waals surface area (Å²) in [7, 11) is 2.10. The minimum absolute atomic E-state index is 0.166. The van der Waals surface area contributed by atoms with Crippen molar-refractivity contribution >= 4 is 40.9 Å². The van der Waals surface area contributed by atoms with Crippen molar-refractivity contribution in [3.63, 3.8) is 0 Å². The molecule has 0 bridgehead atoms. The van der Waals surface area contributed by atoms with E-state index in [2.05, 4.69) is 52.8 Å². The third-order valence-corrected chi connectivity index (χ3v) is 7.71. The highest BCUT2D eigenvalue weighted by Gasteiger charge is 2.31. The van der Waals surface area contributed by atoms with Gasteiger partial charge in [-0.1, -0.05) is 30.3 Å². The highest BCUT2D eigenvalue weighted by Crippen LogP contribution is 2.33. The predicted octanol–water partition coefficient (Wildman–Crippen LogP) is 4.25. The number of carbonyl (C=O) groups excluding carboxylic acids is 2. The average Bonchev–Trinajstić information content (AvgIpc) is 3.63. The van der Waals surface area contributed by atoms with Crippen LogP contribution in [0.15, 0.2) is 67.4 Å². The second-order valence-corrected chi connectivity index (χ2v) is 10.5. The van der Waals surface area contributed by atoms with E-state index in [-0.39, 0.29) is 6.03 Å². The summed E-state index contributed by atoms with van der Waals surface area (Å²) in [4.78, 5) is 42.0. The minimum Gasteiger partial charge on any atom is -0.383 e. The van der Waals surface area contributed by atoms with Crippen molar-refractivity contribution in [3.05, 3.63) is 78.1 Å². The lowest BCUT2D eigenvalue weighted by Crippen LogP contribution is -2.51. The molecule has 6 rings (SSSR count). The number of likely N-dealkylation sites (N-methyl/N-ethyl adjacent to an activating group) is 1. The van der Waals surface area contributed by atoms with Crippen LogP contribution in [0.3, 0.4) is 0 Å². The van der Waals surface area contributed by atoms with Crippen LogP contribution in [-0.4, -0.2) is 92.9 Å². The molecule has 5 heterocycles. The molecule has 2 aliphatic heterocycles. The monoisotopic (exact) mass is 572 g/mol. The largest absolute Gasteiger partial charge is 0.383 e. The number of fused-ring (bicyclic) bond motifs is 1. The van der Waals surface area contributed by atoms with Gasteiger partial charge >= 0.3 is 6.03 Å². The van der Waals surface area contributed by atoms with Gasteiger partial charge in [0.1, 0.15) is 22.8 Å². The highest BCUT2D eigenvalue weighted by atomic mass is 35.5. The second-order valence-electron chi connectivity index (χ2n) is 10.2. The first-order valence-corrected chi connectivity index (χ1v) is 13.9. The number of rotatable bonds is 4. The maximum Gasteiger partial charge on any atom is 0.320 e. The maximum absolute atomic E-state index is 13.0. The van der Waals surface area contributed by atoms with Crippen molar-refractivity contribution in [1.29, 1.82) is 0 Å². The summed E-state index contributed by atoms with van der Waals surface area (Å²) in [6.45, 7) is 8.10. The number of halogens is 1. The molecule has 10 nitrogen and oxygen atoms in total. The summed E-state index contributed by atoms with van der Waals surface area (Å²) in [6.07, 6.45) is 4.45. The third-order valence-electron chi connectivity index (χ3n) is 7.50. The number of aldehydes is 1. The van der Waals surface area contributed by atoms with Gasteiger partial charge in [0.05, 0.1) is 5.56 Å². The number of imidazole rings is 1. The van der Waals surface area contributed by atoms with Gasteiger partial charge in [0, 0.05) is 57.1 Å². The van der Waals surface area contributed by atoms with Crippen molar-refractivity contribution in [1.82, 2.24) is 34.2 Å². The van der Waals surface area contributed by atoms with Gasteiger partial charge in [-0.2, -0.15) is 0 Å². The van der Waals surface area contributed by atoms with Gasteiger partial charge in [0.2, 0.25) is 0 Å². The van der Waals surface area contributed by atoms with Gasteiger partial charge in [0.15, 0.2) is 11.5 Å². The number of nitrogens with two attached hydrogens (primary N) is 1. The van der Waals surface area contributed by atoms with Gasteiger partial charge < -0.3 is 20.4 Å². The number of pyridine rings is 2. The van der Waals surface area contributed by atoms with E-state index in [9.17, 15) is 4.79 Å². The second kappa shape index (κ2) is 12.5. The van der Waals surface area contributed by atoms with Gasteiger partial charge in [-0.3, -0.25) is 9.36 Å². The van der Waals surface area contributed by atoms with E-state index in [0.717, 1.165) is 62.5 Å². The van der Waals surface area contributed by atoms with E-state index in [1.165, 1.54) is 11.6 Å². The number of allylic oxidation sites excluding steroid dienone is 1. The lowest BCUT2D eigenvalue weighted by atomic mass is 9.98. The van der Waals surface area contributed by atoms with E-state index in [0.29, 0.717) is 34.6 Å². The number of benzene rings is 1. The number of nitrogens with zero attached hydrogens (tertiary/aromatic N) is 7. The van der Waals surface area contributed by atoms with Crippen LogP contribution in [0, 0.1) is 0 Å². The molecule has 11 heteroatoms. The molecule has 2 amide bonds. The zero-order valence-electron chi connectivity index (χ0n) is 23.0. The van der Waals surface area contributed by atoms with Crippen LogP contribution >= 0.6 is 11.6 Å². The van der Waals surface area contributed by atoms with Gasteiger partial charge in [0.25, 0.3) is 0 Å². The fourth-order valence-corrected chi connectivity index (χ4v) is 5.41. The summed E-state index contributed by atoms with van der Waals surface area (Å²) in [5.74, 6) is 1.37. The highest BCUT2D eigenvalue weighted by molar-refractivity contribution is 6.29. The van der Waals surface area contributed by atoms with Crippen LogP contribution in [0.5, 0.6) is 0 Å². The topological polar surface area (TPSA) is 113 Å². The first kappa shape index (κ1) is 28.3. The van der Waals surface area contributed by atoms with E-state index in [1.807, 2.05) is 32.6 Å². The van der Waals surface area contributed by atoms with Crippen molar-refractivity contribution in [3.8, 4) is 17.1 Å². The fraction of sp³-hybridized carbons (Fsp3) is 0.300. The number of urea groups is 1. The molecule has 2 fully saturated rings. The first-order valence-electron chi connectivity index (χ1n) is 13.5. The Morgan fingerprint density at radius 1 is 1.02 bits per heavy atom. The number of hydrogen-bond acceptors (Lipinski definition) is 7. The van der Waals surface area contributed by atoms with Crippen LogP contribution in [0.1, 0.15) is 17.9 Å². The smallest absolute Gasteiger partial charge is 0.320 e. The van der Waals surface area contributed by atoms with Crippen LogP contribution in [0.2, 0.25) is 5.15 Å². The van der Waals surface area contributed by atoms with Gasteiger partial charge in [-0.05, 0) is 61.5 Å². The zero-order chi connectivity index (χ0) is 28.9. The Bertz CT molecular complexity index is 1540. The molecule has 2 aliphatic rings. The molecule has 1 aromatic carbocycles. The molecule has 0 saturated carbocycles. The molecule has 3 aromatic heterocycles. The van der Waals surface area contributed by atoms with Gasteiger partial charge in [-0.15, -0.1) is 0 Å². The normalized spacial score (nSPS) is 17.3. The molecule has 41 heavy (non-hydrogen) atoms. The summed E-state index contributed by atoms with van der Waals surface area (Å²) in [6, 6.07) is 15.9. The molecule has 0 spiro atoms. The zero-order valence-corrected chi connectivity index (χ0v) is 23.7. The predicted molar refractivity (Wildman–Crippen MR) is 161 cm³/mol. The Hall–Kier alpha value is -4.28. The standard InChI is InChI=1S/C27H29ClN8O.C3H4O/c1-33-13-15-34(16-14-33)27(37)35-12-10-19(17-35)18-4-6-20(7-5-18)36-25(21-3-2-11-30-24(21)29)31-22-8-9-23(28)32-26(22)36;1-2-3-4/h2-9,11,19H,10,12-17H2,1H3,(H2,29,30);2-3H,1H2. The van der Waals surface area contributed by atoms with E-state index >= 15 is 0 Å². The molecular formula is C30H33ClN8O2. The maximum atomic E-state index is 13.0. The molecule has 212 valence electrons. The molecule has 2 N–H and O–H groups in total. The number of aromatic nitrogens is 4. The SMILES string of the molecule is C=CC=O.CN1CCN(C(=O)N2CCC(c3ccc(-n4c(-c5cccnc5N)nc5ccc(Cl)nc54)cc3)C2)CC1. The van der Waals surface area contributed by atoms with E-state index in [4.69, 9.17) is 27.1 Å². The van der Waals surface area contributed by atoms with Gasteiger partial charge in [-0.25, -0.2) is 19.7 Å². The number of piperazine rings is 1. The quantitative estimate of drug-likeness (QED) is 0.221. The first-order chi connectivity index (χ1) is 19.9. The van der Waals surface area contributed by atoms with Crippen molar-refractivity contribution in [2.24, 2.45) is 0 Å². The fourth-order valence-electron chi connectivity index (χ4n) is 5.27. The molecular weight excluding hydrogens is 540 g/mol. The molecule has 4 aromatic rings. The molecule has 0 radical (unpaired) electrons. The van der Waals surface area contributed by atoms with E-state index in [1.54, 1.807) is 12.3 Å². The Kier molecular flexibility index (Phi) is 8.61. The number of hydrogen-bond donors (Lipinski definition) is 1. The van der Waals surface area contributed by atoms with Crippen molar-refractivity contribution in [2.75, 3.05) is 52.0 Å². The summed E-state index contributed by atoms with van der Waals surface area (Å²) >= 11 is 6.25. The summed E-state index contributed by atoms with van der Waals surface area (Å²) < 4.78 is 1.97. The average molecular weight is 573 g/mol. The molecule has 0 aliphatic carbocycles. The number of amides is 2. The Balaban J connectivity index is 0.000000794. The Labute approximate surface area is 244 Å². The van der Waals surface area contributed by atoms with Crippen molar-refractivity contribution in [2.45, 2.75) is 12.3 Å².